The molecular weight excluding hydrogens is 272 g/mol. The summed E-state index contributed by atoms with van der Waals surface area (Å²) < 4.78 is 10.8. The molecule has 1 amide bonds. The number of nitrogens with one attached hydrogen (secondary N) is 1. The molecular formula is C15H18N2O4. The lowest BCUT2D eigenvalue weighted by atomic mass is 10.2. The first-order valence-electron chi connectivity index (χ1n) is 6.66. The minimum Gasteiger partial charge on any atom is -0.488 e. The highest BCUT2D eigenvalue weighted by atomic mass is 16.5. The van der Waals surface area contributed by atoms with Crippen molar-refractivity contribution >= 4 is 5.91 Å². The van der Waals surface area contributed by atoms with Gasteiger partial charge in [0.1, 0.15) is 18.1 Å². The molecule has 1 heterocycles. The Hall–Kier alpha value is -2.34. The molecule has 0 saturated carbocycles. The number of para-hydroxylation sites is 1. The summed E-state index contributed by atoms with van der Waals surface area (Å²) in [6.45, 7) is 4.05. The number of ether oxygens (including phenoxy) is 1. The zero-order chi connectivity index (χ0) is 15.2. The van der Waals surface area contributed by atoms with Crippen molar-refractivity contribution in [3.05, 3.63) is 46.8 Å². The van der Waals surface area contributed by atoms with E-state index in [0.29, 0.717) is 17.1 Å². The van der Waals surface area contributed by atoms with Crippen molar-refractivity contribution in [2.24, 2.45) is 0 Å². The van der Waals surface area contributed by atoms with E-state index >= 15 is 0 Å². The third-order valence-electron chi connectivity index (χ3n) is 3.08. The number of rotatable bonds is 6. The van der Waals surface area contributed by atoms with Crippen LogP contribution in [0.5, 0.6) is 5.75 Å². The molecule has 2 N–H and O–H groups in total. The van der Waals surface area contributed by atoms with E-state index < -0.39 is 0 Å². The van der Waals surface area contributed by atoms with Gasteiger partial charge in [0, 0.05) is 6.54 Å². The summed E-state index contributed by atoms with van der Waals surface area (Å²) in [5.74, 6) is 0.904. The lowest BCUT2D eigenvalue weighted by Gasteiger charge is -2.11. The Kier molecular flexibility index (Phi) is 4.94. The molecule has 0 radical (unpaired) electrons. The van der Waals surface area contributed by atoms with Gasteiger partial charge in [0.05, 0.1) is 23.4 Å². The average molecular weight is 290 g/mol. The smallest absolute Gasteiger partial charge is 0.255 e. The van der Waals surface area contributed by atoms with Gasteiger partial charge < -0.3 is 19.7 Å². The predicted molar refractivity (Wildman–Crippen MR) is 76.2 cm³/mol. The van der Waals surface area contributed by atoms with Gasteiger partial charge in [-0.2, -0.15) is 0 Å². The zero-order valence-electron chi connectivity index (χ0n) is 12.0. The van der Waals surface area contributed by atoms with E-state index in [-0.39, 0.29) is 25.7 Å². The maximum atomic E-state index is 12.0. The second kappa shape index (κ2) is 6.90. The van der Waals surface area contributed by atoms with Crippen molar-refractivity contribution in [3.8, 4) is 5.75 Å². The first-order valence-corrected chi connectivity index (χ1v) is 6.66. The number of carbonyl (C=O) groups excluding carboxylic acids is 1. The van der Waals surface area contributed by atoms with Crippen molar-refractivity contribution < 1.29 is 19.2 Å². The van der Waals surface area contributed by atoms with Gasteiger partial charge >= 0.3 is 0 Å². The fraction of sp³-hybridized carbons (Fsp3) is 0.333. The van der Waals surface area contributed by atoms with E-state index in [1.165, 1.54) is 0 Å². The van der Waals surface area contributed by atoms with Gasteiger partial charge in [0.25, 0.3) is 5.91 Å². The molecule has 2 rings (SSSR count). The first kappa shape index (κ1) is 15.1. The summed E-state index contributed by atoms with van der Waals surface area (Å²) in [4.78, 5) is 12.0. The molecule has 0 unspecified atom stereocenters. The Morgan fingerprint density at radius 3 is 2.81 bits per heavy atom. The van der Waals surface area contributed by atoms with E-state index in [2.05, 4.69) is 10.5 Å². The van der Waals surface area contributed by atoms with Gasteiger partial charge in [-0.15, -0.1) is 0 Å². The minimum absolute atomic E-state index is 0.103. The van der Waals surface area contributed by atoms with Gasteiger partial charge in [-0.1, -0.05) is 17.3 Å². The number of aliphatic hydroxyl groups excluding tert-OH is 1. The zero-order valence-corrected chi connectivity index (χ0v) is 12.0. The van der Waals surface area contributed by atoms with Crippen LogP contribution in [-0.4, -0.2) is 29.3 Å². The molecule has 0 aliphatic carbocycles. The van der Waals surface area contributed by atoms with E-state index in [4.69, 9.17) is 14.4 Å². The van der Waals surface area contributed by atoms with Crippen molar-refractivity contribution in [1.82, 2.24) is 10.5 Å². The Balaban J connectivity index is 2.12. The molecule has 1 aromatic carbocycles. The molecule has 21 heavy (non-hydrogen) atoms. The maximum Gasteiger partial charge on any atom is 0.255 e. The fourth-order valence-electron chi connectivity index (χ4n) is 1.90. The second-order valence-corrected chi connectivity index (χ2v) is 4.57. The fourth-order valence-corrected chi connectivity index (χ4v) is 1.90. The summed E-state index contributed by atoms with van der Waals surface area (Å²) in [6, 6.07) is 6.96. The van der Waals surface area contributed by atoms with Crippen LogP contribution in [-0.2, 0) is 6.61 Å². The van der Waals surface area contributed by atoms with E-state index in [1.807, 2.05) is 13.8 Å². The number of amides is 1. The molecule has 0 aliphatic rings. The molecule has 2 aromatic rings. The largest absolute Gasteiger partial charge is 0.488 e. The predicted octanol–water partition coefficient (Wildman–Crippen LogP) is 1.59. The Morgan fingerprint density at radius 1 is 1.38 bits per heavy atom. The highest BCUT2D eigenvalue weighted by molar-refractivity contribution is 5.96. The van der Waals surface area contributed by atoms with Crippen LogP contribution in [0.15, 0.2) is 28.8 Å². The summed E-state index contributed by atoms with van der Waals surface area (Å²) >= 11 is 0. The summed E-state index contributed by atoms with van der Waals surface area (Å²) in [6.07, 6.45) is 0. The standard InChI is InChI=1S/C15H18N2O4/c1-10-13(11(2)21-17-10)9-20-14-6-4-3-5-12(14)15(19)16-7-8-18/h3-6,18H,7-9H2,1-2H3,(H,16,19). The average Bonchev–Trinajstić information content (AvgIpc) is 2.82. The maximum absolute atomic E-state index is 12.0. The van der Waals surface area contributed by atoms with Crippen LogP contribution in [0.1, 0.15) is 27.4 Å². The highest BCUT2D eigenvalue weighted by Gasteiger charge is 2.14. The van der Waals surface area contributed by atoms with Gasteiger partial charge in [-0.3, -0.25) is 4.79 Å². The summed E-state index contributed by atoms with van der Waals surface area (Å²) in [7, 11) is 0. The number of hydrogen-bond donors (Lipinski definition) is 2. The molecule has 0 atom stereocenters. The first-order chi connectivity index (χ1) is 10.1. The number of aromatic nitrogens is 1. The van der Waals surface area contributed by atoms with Crippen LogP contribution in [0.3, 0.4) is 0 Å². The lowest BCUT2D eigenvalue weighted by Crippen LogP contribution is -2.26. The molecule has 1 aromatic heterocycles. The molecule has 0 spiro atoms. The van der Waals surface area contributed by atoms with Crippen molar-refractivity contribution in [1.29, 1.82) is 0 Å². The van der Waals surface area contributed by atoms with E-state index in [1.54, 1.807) is 24.3 Å². The molecule has 0 saturated heterocycles. The molecule has 0 aliphatic heterocycles. The number of aryl methyl sites for hydroxylation is 2. The van der Waals surface area contributed by atoms with Crippen LogP contribution < -0.4 is 10.1 Å². The van der Waals surface area contributed by atoms with Crippen LogP contribution >= 0.6 is 0 Å². The second-order valence-electron chi connectivity index (χ2n) is 4.57. The Morgan fingerprint density at radius 2 is 2.14 bits per heavy atom. The van der Waals surface area contributed by atoms with Crippen molar-refractivity contribution in [2.45, 2.75) is 20.5 Å². The topological polar surface area (TPSA) is 84.6 Å². The molecule has 6 heteroatoms. The molecule has 0 fully saturated rings. The Bertz CT molecular complexity index is 602. The van der Waals surface area contributed by atoms with Gasteiger partial charge in [0.15, 0.2) is 0 Å². The number of aliphatic hydroxyl groups is 1. The number of carbonyl (C=O) groups is 1. The van der Waals surface area contributed by atoms with Gasteiger partial charge in [-0.25, -0.2) is 0 Å². The number of hydrogen-bond acceptors (Lipinski definition) is 5. The highest BCUT2D eigenvalue weighted by Crippen LogP contribution is 2.21. The lowest BCUT2D eigenvalue weighted by molar-refractivity contribution is 0.0940. The number of nitrogens with zero attached hydrogens (tertiary/aromatic N) is 1. The van der Waals surface area contributed by atoms with Crippen molar-refractivity contribution in [3.63, 3.8) is 0 Å². The molecule has 112 valence electrons. The normalized spacial score (nSPS) is 10.4. The van der Waals surface area contributed by atoms with Gasteiger partial charge in [-0.05, 0) is 26.0 Å². The monoisotopic (exact) mass is 290 g/mol. The number of benzene rings is 1. The van der Waals surface area contributed by atoms with Gasteiger partial charge in [0.2, 0.25) is 0 Å². The summed E-state index contributed by atoms with van der Waals surface area (Å²) in [5.41, 5.74) is 2.08. The SMILES string of the molecule is Cc1noc(C)c1COc1ccccc1C(=O)NCCO. The van der Waals surface area contributed by atoms with Crippen LogP contribution in [0.2, 0.25) is 0 Å². The quantitative estimate of drug-likeness (QED) is 0.844. The van der Waals surface area contributed by atoms with Crippen LogP contribution in [0.4, 0.5) is 0 Å². The minimum atomic E-state index is -0.279. The third-order valence-corrected chi connectivity index (χ3v) is 3.08. The summed E-state index contributed by atoms with van der Waals surface area (Å²) in [5, 5.41) is 15.2. The van der Waals surface area contributed by atoms with E-state index in [0.717, 1.165) is 11.3 Å². The third kappa shape index (κ3) is 3.61. The van der Waals surface area contributed by atoms with Crippen LogP contribution in [0, 0.1) is 13.8 Å². The molecule has 0 bridgehead atoms. The molecule has 6 nitrogen and oxygen atoms in total. The van der Waals surface area contributed by atoms with E-state index in [9.17, 15) is 4.79 Å². The Labute approximate surface area is 122 Å². The van der Waals surface area contributed by atoms with Crippen LogP contribution in [0.25, 0.3) is 0 Å². The van der Waals surface area contributed by atoms with Crippen molar-refractivity contribution in [2.75, 3.05) is 13.2 Å².